The van der Waals surface area contributed by atoms with Gasteiger partial charge in [0.05, 0.1) is 18.7 Å². The molecule has 22 heavy (non-hydrogen) atoms. The first-order valence-corrected chi connectivity index (χ1v) is 7.01. The topological polar surface area (TPSA) is 71.5 Å². The molecular weight excluding hydrogens is 282 g/mol. The summed E-state index contributed by atoms with van der Waals surface area (Å²) in [5.41, 5.74) is 0.623. The summed E-state index contributed by atoms with van der Waals surface area (Å²) in [6.45, 7) is 2.00. The third-order valence-electron chi connectivity index (χ3n) is 3.82. The van der Waals surface area contributed by atoms with Crippen LogP contribution in [0.15, 0.2) is 36.5 Å². The molecule has 2 heterocycles. The molecular formula is C16H17N3O3. The summed E-state index contributed by atoms with van der Waals surface area (Å²) < 4.78 is 5.04. The number of carbonyl (C=O) groups is 2. The highest BCUT2D eigenvalue weighted by atomic mass is 16.5. The number of hydrogen-bond donors (Lipinski definition) is 1. The van der Waals surface area contributed by atoms with E-state index in [1.807, 2.05) is 30.3 Å². The minimum atomic E-state index is -1.01. The minimum absolute atomic E-state index is 0.141. The second-order valence-electron chi connectivity index (χ2n) is 5.58. The van der Waals surface area contributed by atoms with E-state index in [2.05, 4.69) is 10.3 Å². The van der Waals surface area contributed by atoms with Gasteiger partial charge in [0.2, 0.25) is 0 Å². The molecule has 3 rings (SSSR count). The Hall–Kier alpha value is -2.47. The van der Waals surface area contributed by atoms with Gasteiger partial charge in [-0.2, -0.15) is 0 Å². The number of ether oxygens (including phenoxy) is 1. The summed E-state index contributed by atoms with van der Waals surface area (Å²) in [6.07, 6.45) is 1.70. The van der Waals surface area contributed by atoms with Crippen molar-refractivity contribution in [1.29, 1.82) is 0 Å². The molecule has 1 fully saturated rings. The normalized spacial score (nSPS) is 21.5. The van der Waals surface area contributed by atoms with Gasteiger partial charge in [-0.1, -0.05) is 24.3 Å². The van der Waals surface area contributed by atoms with E-state index >= 15 is 0 Å². The standard InChI is InChI=1S/C16H17N3O3/c1-16(10-22-2)14(20)19(15(21)18-16)9-12-6-3-5-11-7-4-8-17-13(11)12/h3-8H,9-10H2,1-2H3,(H,18,21). The molecule has 1 unspecified atom stereocenters. The third-order valence-corrected chi connectivity index (χ3v) is 3.82. The Morgan fingerprint density at radius 3 is 2.82 bits per heavy atom. The van der Waals surface area contributed by atoms with Crippen molar-refractivity contribution >= 4 is 22.8 Å². The van der Waals surface area contributed by atoms with Gasteiger partial charge in [-0.05, 0) is 18.6 Å². The van der Waals surface area contributed by atoms with E-state index in [-0.39, 0.29) is 19.1 Å². The van der Waals surface area contributed by atoms with Crippen molar-refractivity contribution in [2.45, 2.75) is 19.0 Å². The largest absolute Gasteiger partial charge is 0.382 e. The fourth-order valence-corrected chi connectivity index (χ4v) is 2.74. The Morgan fingerprint density at radius 1 is 1.27 bits per heavy atom. The van der Waals surface area contributed by atoms with Crippen molar-refractivity contribution in [3.63, 3.8) is 0 Å². The SMILES string of the molecule is COCC1(C)NC(=O)N(Cc2cccc3cccnc23)C1=O. The van der Waals surface area contributed by atoms with Gasteiger partial charge in [0, 0.05) is 18.7 Å². The van der Waals surface area contributed by atoms with Gasteiger partial charge in [-0.25, -0.2) is 4.79 Å². The molecule has 2 aromatic rings. The van der Waals surface area contributed by atoms with Gasteiger partial charge in [0.25, 0.3) is 5.91 Å². The fourth-order valence-electron chi connectivity index (χ4n) is 2.74. The maximum atomic E-state index is 12.5. The van der Waals surface area contributed by atoms with Gasteiger partial charge >= 0.3 is 6.03 Å². The molecule has 1 atom stereocenters. The molecule has 0 aliphatic carbocycles. The second-order valence-corrected chi connectivity index (χ2v) is 5.58. The van der Waals surface area contributed by atoms with Gasteiger partial charge in [0.15, 0.2) is 0 Å². The van der Waals surface area contributed by atoms with Crippen molar-refractivity contribution in [3.8, 4) is 0 Å². The predicted octanol–water partition coefficient (Wildman–Crippen LogP) is 1.69. The lowest BCUT2D eigenvalue weighted by Crippen LogP contribution is -2.47. The first kappa shape index (κ1) is 14.5. The highest BCUT2D eigenvalue weighted by molar-refractivity contribution is 6.07. The van der Waals surface area contributed by atoms with Crippen LogP contribution < -0.4 is 5.32 Å². The van der Waals surface area contributed by atoms with E-state index in [9.17, 15) is 9.59 Å². The van der Waals surface area contributed by atoms with E-state index < -0.39 is 11.6 Å². The third kappa shape index (κ3) is 2.31. The molecule has 0 spiro atoms. The van der Waals surface area contributed by atoms with Crippen LogP contribution in [0.2, 0.25) is 0 Å². The lowest BCUT2D eigenvalue weighted by Gasteiger charge is -2.20. The van der Waals surface area contributed by atoms with Crippen LogP contribution in [0.5, 0.6) is 0 Å². The number of hydrogen-bond acceptors (Lipinski definition) is 4. The monoisotopic (exact) mass is 299 g/mol. The molecule has 6 nitrogen and oxygen atoms in total. The summed E-state index contributed by atoms with van der Waals surface area (Å²) in [7, 11) is 1.50. The van der Waals surface area contributed by atoms with Gasteiger partial charge in [0.1, 0.15) is 5.54 Å². The smallest absolute Gasteiger partial charge is 0.325 e. The maximum absolute atomic E-state index is 12.5. The van der Waals surface area contributed by atoms with Crippen molar-refractivity contribution in [1.82, 2.24) is 15.2 Å². The zero-order chi connectivity index (χ0) is 15.7. The molecule has 1 N–H and O–H groups in total. The van der Waals surface area contributed by atoms with E-state index in [4.69, 9.17) is 4.74 Å². The zero-order valence-electron chi connectivity index (χ0n) is 12.5. The van der Waals surface area contributed by atoms with Gasteiger partial charge in [-0.3, -0.25) is 14.7 Å². The quantitative estimate of drug-likeness (QED) is 0.872. The van der Waals surface area contributed by atoms with Gasteiger partial charge in [-0.15, -0.1) is 0 Å². The van der Waals surface area contributed by atoms with Crippen LogP contribution in [0.3, 0.4) is 0 Å². The number of urea groups is 1. The van der Waals surface area contributed by atoms with Gasteiger partial charge < -0.3 is 10.1 Å². The van der Waals surface area contributed by atoms with Crippen LogP contribution in [0.25, 0.3) is 10.9 Å². The molecule has 114 valence electrons. The molecule has 1 saturated heterocycles. The van der Waals surface area contributed by atoms with Crippen molar-refractivity contribution in [3.05, 3.63) is 42.1 Å². The summed E-state index contributed by atoms with van der Waals surface area (Å²) in [5, 5.41) is 3.67. The number of fused-ring (bicyclic) bond motifs is 1. The number of methoxy groups -OCH3 is 1. The number of nitrogens with zero attached hydrogens (tertiary/aromatic N) is 2. The average molecular weight is 299 g/mol. The molecule has 1 aliphatic rings. The number of carbonyl (C=O) groups excluding carboxylic acids is 2. The van der Waals surface area contributed by atoms with Crippen molar-refractivity contribution in [2.75, 3.05) is 13.7 Å². The molecule has 0 saturated carbocycles. The molecule has 1 aromatic heterocycles. The number of rotatable bonds is 4. The van der Waals surface area contributed by atoms with E-state index in [0.29, 0.717) is 0 Å². The van der Waals surface area contributed by atoms with E-state index in [1.54, 1.807) is 13.1 Å². The molecule has 0 bridgehead atoms. The number of benzene rings is 1. The molecule has 6 heteroatoms. The molecule has 1 aromatic carbocycles. The lowest BCUT2D eigenvalue weighted by atomic mass is 10.0. The Morgan fingerprint density at radius 2 is 2.05 bits per heavy atom. The lowest BCUT2D eigenvalue weighted by molar-refractivity contribution is -0.132. The Labute approximate surface area is 128 Å². The number of nitrogens with one attached hydrogen (secondary N) is 1. The first-order valence-electron chi connectivity index (χ1n) is 7.01. The molecule has 3 amide bonds. The highest BCUT2D eigenvalue weighted by Gasteiger charge is 2.47. The van der Waals surface area contributed by atoms with Crippen LogP contribution in [-0.2, 0) is 16.1 Å². The summed E-state index contributed by atoms with van der Waals surface area (Å²) >= 11 is 0. The number of imide groups is 1. The number of pyridine rings is 1. The molecule has 1 aliphatic heterocycles. The van der Waals surface area contributed by atoms with Crippen LogP contribution in [-0.4, -0.2) is 41.1 Å². The zero-order valence-corrected chi connectivity index (χ0v) is 12.5. The van der Waals surface area contributed by atoms with Crippen LogP contribution >= 0.6 is 0 Å². The Kier molecular flexibility index (Phi) is 3.54. The van der Waals surface area contributed by atoms with Crippen LogP contribution in [0.1, 0.15) is 12.5 Å². The number of aromatic nitrogens is 1. The first-order chi connectivity index (χ1) is 10.5. The fraction of sp³-hybridized carbons (Fsp3) is 0.312. The maximum Gasteiger partial charge on any atom is 0.325 e. The summed E-state index contributed by atoms with van der Waals surface area (Å²) in [6, 6.07) is 9.13. The average Bonchev–Trinajstić information content (AvgIpc) is 2.71. The van der Waals surface area contributed by atoms with Crippen molar-refractivity contribution < 1.29 is 14.3 Å². The number of amides is 3. The molecule has 0 radical (unpaired) electrons. The van der Waals surface area contributed by atoms with E-state index in [1.165, 1.54) is 12.0 Å². The highest BCUT2D eigenvalue weighted by Crippen LogP contribution is 2.23. The summed E-state index contributed by atoms with van der Waals surface area (Å²) in [5.74, 6) is -0.285. The predicted molar refractivity (Wildman–Crippen MR) is 81.1 cm³/mol. The number of para-hydroxylation sites is 1. The Balaban J connectivity index is 1.92. The summed E-state index contributed by atoms with van der Waals surface area (Å²) in [4.78, 5) is 30.2. The minimum Gasteiger partial charge on any atom is -0.382 e. The van der Waals surface area contributed by atoms with Crippen molar-refractivity contribution in [2.24, 2.45) is 0 Å². The van der Waals surface area contributed by atoms with E-state index in [0.717, 1.165) is 16.5 Å². The van der Waals surface area contributed by atoms with Crippen LogP contribution in [0.4, 0.5) is 4.79 Å². The second kappa shape index (κ2) is 5.38. The van der Waals surface area contributed by atoms with Crippen LogP contribution in [0, 0.1) is 0 Å². The Bertz CT molecular complexity index is 741.